The van der Waals surface area contributed by atoms with E-state index >= 15 is 0 Å². The predicted molar refractivity (Wildman–Crippen MR) is 81.6 cm³/mol. The largest absolute Gasteiger partial charge is 0.494 e. The highest BCUT2D eigenvalue weighted by molar-refractivity contribution is 5.35. The number of anilines is 1. The number of hydrogen-bond acceptors (Lipinski definition) is 5. The highest BCUT2D eigenvalue weighted by atomic mass is 16.5. The van der Waals surface area contributed by atoms with Gasteiger partial charge in [-0.05, 0) is 37.1 Å². The van der Waals surface area contributed by atoms with Crippen molar-refractivity contribution in [2.45, 2.75) is 33.2 Å². The Hall–Kier alpha value is -2.24. The molecule has 0 saturated carbocycles. The second-order valence-corrected chi connectivity index (χ2v) is 4.99. The Labute approximate surface area is 124 Å². The molecule has 0 fully saturated rings. The van der Waals surface area contributed by atoms with Gasteiger partial charge >= 0.3 is 0 Å². The lowest BCUT2D eigenvalue weighted by Gasteiger charge is -2.11. The summed E-state index contributed by atoms with van der Waals surface area (Å²) in [5.41, 5.74) is 6.77. The van der Waals surface area contributed by atoms with Crippen LogP contribution in [-0.2, 0) is 6.54 Å². The molecule has 1 aromatic heterocycles. The fourth-order valence-electron chi connectivity index (χ4n) is 2.14. The summed E-state index contributed by atoms with van der Waals surface area (Å²) in [5.74, 6) is 2.42. The van der Waals surface area contributed by atoms with Crippen LogP contribution in [0.25, 0.3) is 0 Å². The highest BCUT2D eigenvalue weighted by Gasteiger charge is 2.13. The number of benzene rings is 1. The molecule has 0 aliphatic heterocycles. The number of ether oxygens (including phenoxy) is 2. The fraction of sp³-hybridized carbons (Fsp3) is 0.467. The van der Waals surface area contributed by atoms with Crippen molar-refractivity contribution in [3.63, 3.8) is 0 Å². The molecule has 1 heterocycles. The van der Waals surface area contributed by atoms with Crippen LogP contribution in [0.1, 0.15) is 32.4 Å². The summed E-state index contributed by atoms with van der Waals surface area (Å²) in [6.07, 6.45) is 0. The van der Waals surface area contributed by atoms with Gasteiger partial charge in [-0.1, -0.05) is 19.1 Å². The zero-order chi connectivity index (χ0) is 15.2. The Balaban J connectivity index is 1.89. The topological polar surface area (TPSA) is 75.2 Å². The van der Waals surface area contributed by atoms with Crippen LogP contribution in [0.3, 0.4) is 0 Å². The van der Waals surface area contributed by atoms with E-state index in [1.807, 2.05) is 31.2 Å². The lowest BCUT2D eigenvalue weighted by atomic mass is 10.1. The van der Waals surface area contributed by atoms with Gasteiger partial charge < -0.3 is 15.2 Å². The van der Waals surface area contributed by atoms with Gasteiger partial charge in [-0.25, -0.2) is 4.68 Å². The Morgan fingerprint density at radius 2 is 1.76 bits per heavy atom. The molecule has 6 heteroatoms. The summed E-state index contributed by atoms with van der Waals surface area (Å²) >= 11 is 0. The third-order valence-corrected chi connectivity index (χ3v) is 3.05. The molecule has 0 aliphatic rings. The van der Waals surface area contributed by atoms with E-state index in [4.69, 9.17) is 15.2 Å². The molecule has 21 heavy (non-hydrogen) atoms. The van der Waals surface area contributed by atoms with E-state index in [1.165, 1.54) is 0 Å². The molecule has 0 radical (unpaired) electrons. The lowest BCUT2D eigenvalue weighted by molar-refractivity contribution is 0.285. The monoisotopic (exact) mass is 290 g/mol. The van der Waals surface area contributed by atoms with Crippen LogP contribution >= 0.6 is 0 Å². The van der Waals surface area contributed by atoms with E-state index in [9.17, 15) is 0 Å². The number of nitrogen functional groups attached to an aromatic ring is 1. The smallest absolute Gasteiger partial charge is 0.169 e. The quantitative estimate of drug-likeness (QED) is 0.847. The number of nitrogens with two attached hydrogens (primary N) is 1. The van der Waals surface area contributed by atoms with Crippen molar-refractivity contribution in [2.24, 2.45) is 0 Å². The van der Waals surface area contributed by atoms with Gasteiger partial charge in [0.15, 0.2) is 5.82 Å². The SMILES string of the molecule is CCOc1ccc(OCCn2nnc(N)c2C(C)C)cc1. The molecule has 0 atom stereocenters. The number of rotatable bonds is 7. The number of nitrogens with zero attached hydrogens (tertiary/aromatic N) is 3. The average molecular weight is 290 g/mol. The van der Waals surface area contributed by atoms with Gasteiger partial charge in [0.1, 0.15) is 18.1 Å². The zero-order valence-corrected chi connectivity index (χ0v) is 12.7. The summed E-state index contributed by atoms with van der Waals surface area (Å²) in [7, 11) is 0. The van der Waals surface area contributed by atoms with E-state index < -0.39 is 0 Å². The third kappa shape index (κ3) is 3.87. The van der Waals surface area contributed by atoms with Gasteiger partial charge in [0, 0.05) is 0 Å². The van der Waals surface area contributed by atoms with Crippen LogP contribution in [-0.4, -0.2) is 28.2 Å². The first-order chi connectivity index (χ1) is 10.1. The normalized spacial score (nSPS) is 10.9. The Bertz CT molecular complexity index is 564. The number of hydrogen-bond donors (Lipinski definition) is 1. The zero-order valence-electron chi connectivity index (χ0n) is 12.7. The minimum atomic E-state index is 0.283. The van der Waals surface area contributed by atoms with Crippen molar-refractivity contribution in [3.8, 4) is 11.5 Å². The molecular weight excluding hydrogens is 268 g/mol. The molecule has 0 unspecified atom stereocenters. The van der Waals surface area contributed by atoms with Gasteiger partial charge in [-0.15, -0.1) is 5.10 Å². The van der Waals surface area contributed by atoms with Gasteiger partial charge in [-0.3, -0.25) is 0 Å². The summed E-state index contributed by atoms with van der Waals surface area (Å²) < 4.78 is 12.9. The highest BCUT2D eigenvalue weighted by Crippen LogP contribution is 2.20. The molecular formula is C15H22N4O2. The van der Waals surface area contributed by atoms with E-state index in [0.717, 1.165) is 17.2 Å². The van der Waals surface area contributed by atoms with Crippen LogP contribution in [0.5, 0.6) is 11.5 Å². The molecule has 6 nitrogen and oxygen atoms in total. The van der Waals surface area contributed by atoms with E-state index in [1.54, 1.807) is 4.68 Å². The van der Waals surface area contributed by atoms with E-state index in [-0.39, 0.29) is 5.92 Å². The predicted octanol–water partition coefficient (Wildman–Crippen LogP) is 2.46. The van der Waals surface area contributed by atoms with Crippen LogP contribution in [0, 0.1) is 0 Å². The lowest BCUT2D eigenvalue weighted by Crippen LogP contribution is -2.13. The van der Waals surface area contributed by atoms with Crippen molar-refractivity contribution in [1.29, 1.82) is 0 Å². The third-order valence-electron chi connectivity index (χ3n) is 3.05. The molecule has 0 amide bonds. The molecule has 1 aromatic carbocycles. The fourth-order valence-corrected chi connectivity index (χ4v) is 2.14. The molecule has 2 aromatic rings. The molecule has 2 rings (SSSR count). The molecule has 114 valence electrons. The number of aromatic nitrogens is 3. The van der Waals surface area contributed by atoms with Crippen molar-refractivity contribution >= 4 is 5.82 Å². The van der Waals surface area contributed by atoms with Gasteiger partial charge in [0.2, 0.25) is 0 Å². The van der Waals surface area contributed by atoms with E-state index in [0.29, 0.717) is 25.6 Å². The summed E-state index contributed by atoms with van der Waals surface area (Å²) in [6, 6.07) is 7.58. The second kappa shape index (κ2) is 6.97. The molecule has 0 aliphatic carbocycles. The molecule has 2 N–H and O–H groups in total. The molecule has 0 saturated heterocycles. The summed E-state index contributed by atoms with van der Waals surface area (Å²) in [5, 5.41) is 7.96. The summed E-state index contributed by atoms with van der Waals surface area (Å²) in [6.45, 7) is 7.88. The van der Waals surface area contributed by atoms with Crippen molar-refractivity contribution in [3.05, 3.63) is 30.0 Å². The van der Waals surface area contributed by atoms with Gasteiger partial charge in [-0.2, -0.15) is 0 Å². The van der Waals surface area contributed by atoms with Crippen LogP contribution in [0.4, 0.5) is 5.82 Å². The van der Waals surface area contributed by atoms with Crippen LogP contribution in [0.2, 0.25) is 0 Å². The first-order valence-corrected chi connectivity index (χ1v) is 7.16. The maximum atomic E-state index is 5.82. The van der Waals surface area contributed by atoms with E-state index in [2.05, 4.69) is 24.2 Å². The Morgan fingerprint density at radius 1 is 1.14 bits per heavy atom. The Morgan fingerprint density at radius 3 is 2.33 bits per heavy atom. The van der Waals surface area contributed by atoms with Crippen molar-refractivity contribution in [2.75, 3.05) is 18.9 Å². The minimum absolute atomic E-state index is 0.283. The Kier molecular flexibility index (Phi) is 5.03. The summed E-state index contributed by atoms with van der Waals surface area (Å²) in [4.78, 5) is 0. The maximum absolute atomic E-state index is 5.82. The molecule has 0 spiro atoms. The first kappa shape index (κ1) is 15.2. The van der Waals surface area contributed by atoms with Crippen molar-refractivity contribution in [1.82, 2.24) is 15.0 Å². The minimum Gasteiger partial charge on any atom is -0.494 e. The van der Waals surface area contributed by atoms with Crippen LogP contribution < -0.4 is 15.2 Å². The van der Waals surface area contributed by atoms with Gasteiger partial charge in [0.25, 0.3) is 0 Å². The standard InChI is InChI=1S/C15H22N4O2/c1-4-20-12-5-7-13(8-6-12)21-10-9-19-14(11(2)3)15(16)17-18-19/h5-8,11H,4,9-10,16H2,1-3H3. The average Bonchev–Trinajstić information content (AvgIpc) is 2.82. The van der Waals surface area contributed by atoms with Crippen LogP contribution in [0.15, 0.2) is 24.3 Å². The first-order valence-electron chi connectivity index (χ1n) is 7.16. The van der Waals surface area contributed by atoms with Gasteiger partial charge in [0.05, 0.1) is 18.8 Å². The second-order valence-electron chi connectivity index (χ2n) is 4.99. The maximum Gasteiger partial charge on any atom is 0.169 e. The molecule has 0 bridgehead atoms. The van der Waals surface area contributed by atoms with Crippen molar-refractivity contribution < 1.29 is 9.47 Å².